The fourth-order valence-corrected chi connectivity index (χ4v) is 1.65. The number of aromatic nitrogens is 1. The number of hydrogen-bond donors (Lipinski definition) is 1. The average Bonchev–Trinajstić information content (AvgIpc) is 2.21. The monoisotopic (exact) mass is 245 g/mol. The van der Waals surface area contributed by atoms with Crippen LogP contribution >= 0.6 is 0 Å². The second kappa shape index (κ2) is 3.58. The van der Waals surface area contributed by atoms with Crippen molar-refractivity contribution < 1.29 is 17.6 Å². The van der Waals surface area contributed by atoms with E-state index < -0.39 is 28.7 Å². The molecule has 1 heterocycles. The lowest BCUT2D eigenvalue weighted by atomic mass is 10.1. The van der Waals surface area contributed by atoms with Crippen LogP contribution in [0.2, 0.25) is 0 Å². The van der Waals surface area contributed by atoms with Gasteiger partial charge in [-0.25, -0.2) is 4.39 Å². The van der Waals surface area contributed by atoms with Gasteiger partial charge in [0.05, 0.1) is 5.52 Å². The van der Waals surface area contributed by atoms with Crippen LogP contribution in [0.1, 0.15) is 11.3 Å². The molecule has 2 rings (SSSR count). The summed E-state index contributed by atoms with van der Waals surface area (Å²) in [5.74, 6) is -0.704. The number of aromatic amines is 1. The van der Waals surface area contributed by atoms with Gasteiger partial charge in [0.15, 0.2) is 5.43 Å². The summed E-state index contributed by atoms with van der Waals surface area (Å²) in [4.78, 5) is 13.7. The van der Waals surface area contributed by atoms with E-state index in [1.807, 2.05) is 0 Å². The zero-order valence-electron chi connectivity index (χ0n) is 8.65. The van der Waals surface area contributed by atoms with E-state index in [1.165, 1.54) is 0 Å². The Morgan fingerprint density at radius 2 is 1.88 bits per heavy atom. The number of nitrogens with one attached hydrogen (secondary N) is 1. The van der Waals surface area contributed by atoms with E-state index in [-0.39, 0.29) is 10.9 Å². The van der Waals surface area contributed by atoms with Crippen LogP contribution in [0.15, 0.2) is 23.0 Å². The van der Waals surface area contributed by atoms with E-state index in [1.54, 1.807) is 0 Å². The third-order valence-corrected chi connectivity index (χ3v) is 2.48. The molecule has 17 heavy (non-hydrogen) atoms. The lowest BCUT2D eigenvalue weighted by Gasteiger charge is -2.11. The molecule has 0 bridgehead atoms. The number of H-pyrrole nitrogens is 1. The first-order valence-electron chi connectivity index (χ1n) is 4.70. The summed E-state index contributed by atoms with van der Waals surface area (Å²) in [5, 5.41) is 0.0388. The first-order chi connectivity index (χ1) is 7.80. The predicted molar refractivity (Wildman–Crippen MR) is 54.3 cm³/mol. The molecule has 0 saturated heterocycles. The van der Waals surface area contributed by atoms with Crippen LogP contribution < -0.4 is 5.43 Å². The van der Waals surface area contributed by atoms with Crippen LogP contribution in [0.3, 0.4) is 0 Å². The van der Waals surface area contributed by atoms with Gasteiger partial charge >= 0.3 is 6.18 Å². The SMILES string of the molecule is Cc1c(C(F)(F)F)[nH]c2cc(F)ccc2c1=O. The fraction of sp³-hybridized carbons (Fsp3) is 0.182. The summed E-state index contributed by atoms with van der Waals surface area (Å²) in [6.07, 6.45) is -4.66. The number of pyridine rings is 1. The highest BCUT2D eigenvalue weighted by atomic mass is 19.4. The van der Waals surface area contributed by atoms with Gasteiger partial charge in [0.1, 0.15) is 11.5 Å². The summed E-state index contributed by atoms with van der Waals surface area (Å²) in [6, 6.07) is 3.06. The quantitative estimate of drug-likeness (QED) is 0.711. The highest BCUT2D eigenvalue weighted by Crippen LogP contribution is 2.30. The molecule has 0 aliphatic heterocycles. The molecule has 0 amide bonds. The molecular formula is C11H7F4NO. The molecule has 1 N–H and O–H groups in total. The smallest absolute Gasteiger partial charge is 0.350 e. The van der Waals surface area contributed by atoms with Crippen molar-refractivity contribution in [1.29, 1.82) is 0 Å². The minimum atomic E-state index is -4.66. The summed E-state index contributed by atoms with van der Waals surface area (Å²) < 4.78 is 50.7. The van der Waals surface area contributed by atoms with Crippen molar-refractivity contribution in [2.75, 3.05) is 0 Å². The third kappa shape index (κ3) is 1.90. The maximum Gasteiger partial charge on any atom is 0.431 e. The van der Waals surface area contributed by atoms with E-state index >= 15 is 0 Å². The van der Waals surface area contributed by atoms with E-state index in [0.29, 0.717) is 0 Å². The molecule has 0 saturated carbocycles. The molecule has 0 fully saturated rings. The fourth-order valence-electron chi connectivity index (χ4n) is 1.65. The van der Waals surface area contributed by atoms with Crippen molar-refractivity contribution in [2.45, 2.75) is 13.1 Å². The second-order valence-corrected chi connectivity index (χ2v) is 3.64. The average molecular weight is 245 g/mol. The molecule has 0 unspecified atom stereocenters. The van der Waals surface area contributed by atoms with Crippen LogP contribution in [0, 0.1) is 12.7 Å². The highest BCUT2D eigenvalue weighted by molar-refractivity contribution is 5.79. The molecule has 1 aromatic heterocycles. The number of rotatable bonds is 0. The molecule has 0 radical (unpaired) electrons. The van der Waals surface area contributed by atoms with Crippen molar-refractivity contribution in [2.24, 2.45) is 0 Å². The molecule has 0 atom stereocenters. The van der Waals surface area contributed by atoms with E-state index in [0.717, 1.165) is 25.1 Å². The normalized spacial score (nSPS) is 12.1. The first kappa shape index (κ1) is 11.6. The van der Waals surface area contributed by atoms with Crippen LogP contribution in [-0.2, 0) is 6.18 Å². The maximum atomic E-state index is 12.9. The molecule has 0 aliphatic carbocycles. The summed E-state index contributed by atoms with van der Waals surface area (Å²) in [6.45, 7) is 1.09. The lowest BCUT2D eigenvalue weighted by molar-refractivity contribution is -0.141. The van der Waals surface area contributed by atoms with E-state index in [2.05, 4.69) is 4.98 Å². The van der Waals surface area contributed by atoms with E-state index in [9.17, 15) is 22.4 Å². The Morgan fingerprint density at radius 1 is 1.24 bits per heavy atom. The predicted octanol–water partition coefficient (Wildman–Crippen LogP) is 2.99. The van der Waals surface area contributed by atoms with E-state index in [4.69, 9.17) is 0 Å². The molecule has 2 aromatic rings. The van der Waals surface area contributed by atoms with Gasteiger partial charge in [-0.05, 0) is 25.1 Å². The number of benzene rings is 1. The largest absolute Gasteiger partial charge is 0.431 e. The minimum absolute atomic E-state index is 0.0388. The summed E-state index contributed by atoms with van der Waals surface area (Å²) >= 11 is 0. The lowest BCUT2D eigenvalue weighted by Crippen LogP contribution is -2.18. The Morgan fingerprint density at radius 3 is 2.47 bits per heavy atom. The zero-order valence-corrected chi connectivity index (χ0v) is 8.65. The first-order valence-corrected chi connectivity index (χ1v) is 4.70. The van der Waals surface area contributed by atoms with Crippen molar-refractivity contribution in [3.8, 4) is 0 Å². The minimum Gasteiger partial charge on any atom is -0.350 e. The maximum absolute atomic E-state index is 12.9. The zero-order chi connectivity index (χ0) is 12.8. The van der Waals surface area contributed by atoms with Crippen LogP contribution in [0.4, 0.5) is 17.6 Å². The number of halogens is 4. The van der Waals surface area contributed by atoms with Crippen molar-refractivity contribution in [3.05, 3.63) is 45.5 Å². The Labute approximate surface area is 92.9 Å². The van der Waals surface area contributed by atoms with Gasteiger partial charge in [0, 0.05) is 10.9 Å². The topological polar surface area (TPSA) is 32.9 Å². The Kier molecular flexibility index (Phi) is 2.45. The van der Waals surface area contributed by atoms with Gasteiger partial charge < -0.3 is 4.98 Å². The Bertz CT molecular complexity index is 642. The molecule has 1 aromatic carbocycles. The molecule has 0 spiro atoms. The van der Waals surface area contributed by atoms with Crippen LogP contribution in [0.5, 0.6) is 0 Å². The van der Waals surface area contributed by atoms with Gasteiger partial charge in [-0.2, -0.15) is 13.2 Å². The van der Waals surface area contributed by atoms with Gasteiger partial charge in [-0.15, -0.1) is 0 Å². The van der Waals surface area contributed by atoms with Crippen LogP contribution in [-0.4, -0.2) is 4.98 Å². The number of fused-ring (bicyclic) bond motifs is 1. The molecule has 6 heteroatoms. The molecular weight excluding hydrogens is 238 g/mol. The van der Waals surface area contributed by atoms with Crippen molar-refractivity contribution >= 4 is 10.9 Å². The second-order valence-electron chi connectivity index (χ2n) is 3.64. The van der Waals surface area contributed by atoms with Gasteiger partial charge in [-0.3, -0.25) is 4.79 Å². The van der Waals surface area contributed by atoms with Crippen molar-refractivity contribution in [1.82, 2.24) is 4.98 Å². The van der Waals surface area contributed by atoms with Crippen LogP contribution in [0.25, 0.3) is 10.9 Å². The van der Waals surface area contributed by atoms with Gasteiger partial charge in [-0.1, -0.05) is 0 Å². The Balaban J connectivity index is 2.91. The van der Waals surface area contributed by atoms with Crippen molar-refractivity contribution in [3.63, 3.8) is 0 Å². The summed E-state index contributed by atoms with van der Waals surface area (Å²) in [5.41, 5.74) is -2.46. The molecule has 2 nitrogen and oxygen atoms in total. The van der Waals surface area contributed by atoms with Gasteiger partial charge in [0.25, 0.3) is 0 Å². The Hall–Kier alpha value is -1.85. The number of hydrogen-bond acceptors (Lipinski definition) is 1. The molecule has 90 valence electrons. The third-order valence-electron chi connectivity index (χ3n) is 2.48. The molecule has 0 aliphatic rings. The number of alkyl halides is 3. The highest BCUT2D eigenvalue weighted by Gasteiger charge is 2.34. The standard InChI is InChI=1S/C11H7F4NO/c1-5-9(17)7-3-2-6(12)4-8(7)16-10(5)11(13,14)15/h2-4H,1H3,(H,16,17). The van der Waals surface area contributed by atoms with Gasteiger partial charge in [0.2, 0.25) is 0 Å². The summed E-state index contributed by atoms with van der Waals surface area (Å²) in [7, 11) is 0.